The molecule has 0 bridgehead atoms. The number of carbonyl (C=O) groups is 2. The molecule has 2 amide bonds. The molecule has 5 nitrogen and oxygen atoms in total. The lowest BCUT2D eigenvalue weighted by Crippen LogP contribution is -2.33. The highest BCUT2D eigenvalue weighted by Crippen LogP contribution is 2.24. The zero-order valence-corrected chi connectivity index (χ0v) is 11.5. The lowest BCUT2D eigenvalue weighted by Gasteiger charge is -2.18. The van der Waals surface area contributed by atoms with E-state index in [-0.39, 0.29) is 24.4 Å². The van der Waals surface area contributed by atoms with Crippen LogP contribution in [0, 0.1) is 24.5 Å². The van der Waals surface area contributed by atoms with Crippen molar-refractivity contribution in [3.05, 3.63) is 29.3 Å². The van der Waals surface area contributed by atoms with Gasteiger partial charge in [-0.15, -0.1) is 0 Å². The van der Waals surface area contributed by atoms with Crippen molar-refractivity contribution in [2.45, 2.75) is 19.8 Å². The molecule has 7 heteroatoms. The molecule has 1 heterocycles. The van der Waals surface area contributed by atoms with Crippen molar-refractivity contribution in [2.75, 3.05) is 18.4 Å². The topological polar surface area (TPSA) is 69.6 Å². The summed E-state index contributed by atoms with van der Waals surface area (Å²) in [5.41, 5.74) is -0.237. The number of amides is 2. The van der Waals surface area contributed by atoms with Gasteiger partial charge in [0.05, 0.1) is 0 Å². The number of benzene rings is 1. The standard InChI is InChI=1S/C14H16F2N2O3/c1-8-2-3-10(15)13(12(8)16)17-14(21)18-5-4-9(7-18)6-11(19)20/h2-3,9H,4-7H2,1H3,(H,17,21)(H,19,20). The van der Waals surface area contributed by atoms with Crippen molar-refractivity contribution in [1.82, 2.24) is 4.90 Å². The molecule has 2 N–H and O–H groups in total. The molecule has 1 fully saturated rings. The summed E-state index contributed by atoms with van der Waals surface area (Å²) < 4.78 is 27.4. The van der Waals surface area contributed by atoms with Crippen LogP contribution in [0.3, 0.4) is 0 Å². The van der Waals surface area contributed by atoms with Crippen LogP contribution in [-0.2, 0) is 4.79 Å². The quantitative estimate of drug-likeness (QED) is 0.901. The maximum absolute atomic E-state index is 13.8. The minimum Gasteiger partial charge on any atom is -0.481 e. The fourth-order valence-corrected chi connectivity index (χ4v) is 2.39. The number of anilines is 1. The van der Waals surface area contributed by atoms with Gasteiger partial charge in [0.15, 0.2) is 5.82 Å². The zero-order chi connectivity index (χ0) is 15.6. The zero-order valence-electron chi connectivity index (χ0n) is 11.5. The average molecular weight is 298 g/mol. The Bertz CT molecular complexity index is 578. The molecule has 1 aliphatic rings. The third-order valence-electron chi connectivity index (χ3n) is 3.55. The number of carbonyl (C=O) groups excluding carboxylic acids is 1. The van der Waals surface area contributed by atoms with E-state index in [2.05, 4.69) is 5.32 Å². The molecule has 1 aromatic carbocycles. The maximum Gasteiger partial charge on any atom is 0.322 e. The van der Waals surface area contributed by atoms with Crippen LogP contribution >= 0.6 is 0 Å². The van der Waals surface area contributed by atoms with Crippen LogP contribution in [0.1, 0.15) is 18.4 Å². The van der Waals surface area contributed by atoms with Crippen molar-refractivity contribution < 1.29 is 23.5 Å². The van der Waals surface area contributed by atoms with Crippen molar-refractivity contribution in [1.29, 1.82) is 0 Å². The van der Waals surface area contributed by atoms with E-state index in [1.807, 2.05) is 0 Å². The van der Waals surface area contributed by atoms with Gasteiger partial charge in [0.1, 0.15) is 11.5 Å². The molecule has 0 aliphatic carbocycles. The van der Waals surface area contributed by atoms with E-state index in [1.165, 1.54) is 17.9 Å². The maximum atomic E-state index is 13.8. The molecule has 0 spiro atoms. The fraction of sp³-hybridized carbons (Fsp3) is 0.429. The minimum atomic E-state index is -0.918. The predicted octanol–water partition coefficient (Wildman–Crippen LogP) is 2.60. The van der Waals surface area contributed by atoms with E-state index in [9.17, 15) is 18.4 Å². The van der Waals surface area contributed by atoms with E-state index < -0.39 is 29.3 Å². The SMILES string of the molecule is Cc1ccc(F)c(NC(=O)N2CCC(CC(=O)O)C2)c1F. The second-order valence-corrected chi connectivity index (χ2v) is 5.18. The summed E-state index contributed by atoms with van der Waals surface area (Å²) in [5.74, 6) is -2.68. The number of hydrogen-bond donors (Lipinski definition) is 2. The summed E-state index contributed by atoms with van der Waals surface area (Å²) in [6.07, 6.45) is 0.551. The largest absolute Gasteiger partial charge is 0.481 e. The van der Waals surface area contributed by atoms with E-state index in [0.29, 0.717) is 13.0 Å². The van der Waals surface area contributed by atoms with Crippen LogP contribution in [-0.4, -0.2) is 35.1 Å². The number of aliphatic carboxylic acids is 1. The molecule has 0 radical (unpaired) electrons. The van der Waals surface area contributed by atoms with Gasteiger partial charge in [0, 0.05) is 19.5 Å². The highest BCUT2D eigenvalue weighted by molar-refractivity contribution is 5.90. The van der Waals surface area contributed by atoms with Crippen LogP contribution in [0.2, 0.25) is 0 Å². The Labute approximate surface area is 120 Å². The Morgan fingerprint density at radius 3 is 2.81 bits per heavy atom. The first-order valence-corrected chi connectivity index (χ1v) is 6.60. The van der Waals surface area contributed by atoms with Crippen LogP contribution in [0.15, 0.2) is 12.1 Å². The Morgan fingerprint density at radius 2 is 2.14 bits per heavy atom. The Balaban J connectivity index is 2.03. The number of likely N-dealkylation sites (tertiary alicyclic amines) is 1. The summed E-state index contributed by atoms with van der Waals surface area (Å²) in [6, 6.07) is 1.76. The van der Waals surface area contributed by atoms with Gasteiger partial charge in [-0.1, -0.05) is 6.07 Å². The number of hydrogen-bond acceptors (Lipinski definition) is 2. The smallest absolute Gasteiger partial charge is 0.322 e. The number of rotatable bonds is 3. The second-order valence-electron chi connectivity index (χ2n) is 5.18. The van der Waals surface area contributed by atoms with Crippen molar-refractivity contribution in [3.8, 4) is 0 Å². The molecule has 0 saturated carbocycles. The summed E-state index contributed by atoms with van der Waals surface area (Å²) in [6.45, 7) is 2.12. The number of aryl methyl sites for hydroxylation is 1. The monoisotopic (exact) mass is 298 g/mol. The van der Waals surface area contributed by atoms with Gasteiger partial charge in [0.2, 0.25) is 0 Å². The summed E-state index contributed by atoms with van der Waals surface area (Å²) in [4.78, 5) is 24.0. The van der Waals surface area contributed by atoms with E-state index >= 15 is 0 Å². The van der Waals surface area contributed by atoms with Gasteiger partial charge < -0.3 is 15.3 Å². The van der Waals surface area contributed by atoms with Crippen LogP contribution in [0.5, 0.6) is 0 Å². The summed E-state index contributed by atoms with van der Waals surface area (Å²) in [7, 11) is 0. The van der Waals surface area contributed by atoms with Gasteiger partial charge >= 0.3 is 12.0 Å². The first-order chi connectivity index (χ1) is 9.88. The molecule has 1 atom stereocenters. The van der Waals surface area contributed by atoms with Crippen molar-refractivity contribution in [2.24, 2.45) is 5.92 Å². The fourth-order valence-electron chi connectivity index (χ4n) is 2.39. The number of nitrogens with one attached hydrogen (secondary N) is 1. The van der Waals surface area contributed by atoms with Crippen molar-refractivity contribution >= 4 is 17.7 Å². The molecular formula is C14H16F2N2O3. The van der Waals surface area contributed by atoms with Gasteiger partial charge in [-0.2, -0.15) is 0 Å². The second kappa shape index (κ2) is 6.07. The third-order valence-corrected chi connectivity index (χ3v) is 3.55. The lowest BCUT2D eigenvalue weighted by atomic mass is 10.1. The minimum absolute atomic E-state index is 0.0169. The molecule has 1 saturated heterocycles. The first-order valence-electron chi connectivity index (χ1n) is 6.60. The number of halogens is 2. The van der Waals surface area contributed by atoms with E-state index in [1.54, 1.807) is 0 Å². The lowest BCUT2D eigenvalue weighted by molar-refractivity contribution is -0.138. The number of nitrogens with zero attached hydrogens (tertiary/aromatic N) is 1. The van der Waals surface area contributed by atoms with Gasteiger partial charge in [-0.05, 0) is 30.9 Å². The molecule has 0 aromatic heterocycles. The van der Waals surface area contributed by atoms with E-state index in [0.717, 1.165) is 6.07 Å². The predicted molar refractivity (Wildman–Crippen MR) is 72.0 cm³/mol. The highest BCUT2D eigenvalue weighted by atomic mass is 19.1. The van der Waals surface area contributed by atoms with Gasteiger partial charge in [-0.25, -0.2) is 13.6 Å². The molecule has 114 valence electrons. The van der Waals surface area contributed by atoms with Crippen LogP contribution in [0.25, 0.3) is 0 Å². The average Bonchev–Trinajstić information content (AvgIpc) is 2.86. The normalized spacial score (nSPS) is 17.9. The molecular weight excluding hydrogens is 282 g/mol. The number of urea groups is 1. The number of carboxylic acid groups (broad SMARTS) is 1. The Kier molecular flexibility index (Phi) is 4.40. The third kappa shape index (κ3) is 3.48. The molecule has 1 aliphatic heterocycles. The first kappa shape index (κ1) is 15.2. The highest BCUT2D eigenvalue weighted by Gasteiger charge is 2.28. The molecule has 21 heavy (non-hydrogen) atoms. The Hall–Kier alpha value is -2.18. The number of carboxylic acids is 1. The Morgan fingerprint density at radius 1 is 1.43 bits per heavy atom. The van der Waals surface area contributed by atoms with Crippen LogP contribution in [0.4, 0.5) is 19.3 Å². The molecule has 1 unspecified atom stereocenters. The summed E-state index contributed by atoms with van der Waals surface area (Å²) >= 11 is 0. The van der Waals surface area contributed by atoms with Gasteiger partial charge in [0.25, 0.3) is 0 Å². The van der Waals surface area contributed by atoms with Gasteiger partial charge in [-0.3, -0.25) is 4.79 Å². The molecule has 2 rings (SSSR count). The van der Waals surface area contributed by atoms with E-state index in [4.69, 9.17) is 5.11 Å². The molecule has 1 aromatic rings. The van der Waals surface area contributed by atoms with Crippen molar-refractivity contribution in [3.63, 3.8) is 0 Å². The van der Waals surface area contributed by atoms with Crippen LogP contribution < -0.4 is 5.32 Å². The summed E-state index contributed by atoms with van der Waals surface area (Å²) in [5, 5.41) is 10.9.